The maximum absolute atomic E-state index is 11.0. The molecule has 17 heavy (non-hydrogen) atoms. The van der Waals surface area contributed by atoms with Crippen LogP contribution in [0.5, 0.6) is 0 Å². The molecule has 1 saturated heterocycles. The highest BCUT2D eigenvalue weighted by atomic mass is 16.4. The van der Waals surface area contributed by atoms with Crippen LogP contribution >= 0.6 is 0 Å². The first-order valence-electron chi connectivity index (χ1n) is 6.63. The highest BCUT2D eigenvalue weighted by Crippen LogP contribution is 2.23. The van der Waals surface area contributed by atoms with E-state index in [0.29, 0.717) is 12.8 Å². The molecule has 1 heterocycles. The standard InChI is InChI=1S/C13H26N2O2/c1-4-13(14,12(16)17)6-5-7-15-8-10(2)11(3)9-15/h10-11H,4-9,14H2,1-3H3,(H,16,17). The van der Waals surface area contributed by atoms with Crippen molar-refractivity contribution in [1.82, 2.24) is 4.90 Å². The van der Waals surface area contributed by atoms with Crippen LogP contribution in [-0.2, 0) is 4.79 Å². The second-order valence-electron chi connectivity index (χ2n) is 5.63. The number of nitrogens with two attached hydrogens (primary N) is 1. The van der Waals surface area contributed by atoms with Gasteiger partial charge >= 0.3 is 5.97 Å². The fourth-order valence-electron chi connectivity index (χ4n) is 2.48. The summed E-state index contributed by atoms with van der Waals surface area (Å²) in [5.41, 5.74) is 4.83. The van der Waals surface area contributed by atoms with Gasteiger partial charge < -0.3 is 15.7 Å². The largest absolute Gasteiger partial charge is 0.480 e. The number of hydrogen-bond acceptors (Lipinski definition) is 3. The number of nitrogens with zero attached hydrogens (tertiary/aromatic N) is 1. The van der Waals surface area contributed by atoms with E-state index in [-0.39, 0.29) is 0 Å². The predicted molar refractivity (Wildman–Crippen MR) is 68.8 cm³/mol. The quantitative estimate of drug-likeness (QED) is 0.741. The van der Waals surface area contributed by atoms with Crippen molar-refractivity contribution >= 4 is 5.97 Å². The molecular formula is C13H26N2O2. The van der Waals surface area contributed by atoms with Gasteiger partial charge in [-0.25, -0.2) is 0 Å². The van der Waals surface area contributed by atoms with E-state index in [1.54, 1.807) is 0 Å². The molecule has 3 unspecified atom stereocenters. The molecule has 0 aromatic heterocycles. The summed E-state index contributed by atoms with van der Waals surface area (Å²) in [6.07, 6.45) is 1.93. The SMILES string of the molecule is CCC(N)(CCCN1CC(C)C(C)C1)C(=O)O. The fourth-order valence-corrected chi connectivity index (χ4v) is 2.48. The molecule has 0 amide bonds. The van der Waals surface area contributed by atoms with E-state index >= 15 is 0 Å². The van der Waals surface area contributed by atoms with E-state index in [0.717, 1.165) is 37.9 Å². The maximum Gasteiger partial charge on any atom is 0.323 e. The molecule has 1 rings (SSSR count). The van der Waals surface area contributed by atoms with Crippen LogP contribution in [0.3, 0.4) is 0 Å². The van der Waals surface area contributed by atoms with Crippen LogP contribution in [-0.4, -0.2) is 41.1 Å². The summed E-state index contributed by atoms with van der Waals surface area (Å²) in [6.45, 7) is 9.65. The van der Waals surface area contributed by atoms with Gasteiger partial charge in [-0.2, -0.15) is 0 Å². The van der Waals surface area contributed by atoms with E-state index in [9.17, 15) is 4.79 Å². The molecule has 0 bridgehead atoms. The topological polar surface area (TPSA) is 66.6 Å². The van der Waals surface area contributed by atoms with Crippen molar-refractivity contribution in [1.29, 1.82) is 0 Å². The molecule has 0 saturated carbocycles. The van der Waals surface area contributed by atoms with Gasteiger partial charge in [0.1, 0.15) is 5.54 Å². The summed E-state index contributed by atoms with van der Waals surface area (Å²) in [4.78, 5) is 13.5. The van der Waals surface area contributed by atoms with Gasteiger partial charge in [0, 0.05) is 13.1 Å². The third kappa shape index (κ3) is 3.68. The molecule has 0 aromatic rings. The Labute approximate surface area is 104 Å². The fraction of sp³-hybridized carbons (Fsp3) is 0.923. The van der Waals surface area contributed by atoms with Gasteiger partial charge in [-0.05, 0) is 37.6 Å². The highest BCUT2D eigenvalue weighted by molar-refractivity contribution is 5.78. The molecule has 0 aromatic carbocycles. The van der Waals surface area contributed by atoms with Crippen molar-refractivity contribution in [2.75, 3.05) is 19.6 Å². The van der Waals surface area contributed by atoms with Crippen molar-refractivity contribution < 1.29 is 9.90 Å². The molecule has 0 radical (unpaired) electrons. The summed E-state index contributed by atoms with van der Waals surface area (Å²) >= 11 is 0. The minimum absolute atomic E-state index is 0.495. The molecule has 1 aliphatic heterocycles. The van der Waals surface area contributed by atoms with Crippen molar-refractivity contribution in [2.45, 2.75) is 45.6 Å². The third-order valence-corrected chi connectivity index (χ3v) is 4.22. The number of hydrogen-bond donors (Lipinski definition) is 2. The second kappa shape index (κ2) is 5.83. The van der Waals surface area contributed by atoms with Gasteiger partial charge in [0.15, 0.2) is 0 Å². The Hall–Kier alpha value is -0.610. The van der Waals surface area contributed by atoms with Gasteiger partial charge in [0.2, 0.25) is 0 Å². The minimum Gasteiger partial charge on any atom is -0.480 e. The molecule has 3 atom stereocenters. The summed E-state index contributed by atoms with van der Waals surface area (Å²) < 4.78 is 0. The van der Waals surface area contributed by atoms with Crippen LogP contribution < -0.4 is 5.73 Å². The molecule has 1 aliphatic rings. The monoisotopic (exact) mass is 242 g/mol. The lowest BCUT2D eigenvalue weighted by atomic mass is 9.92. The van der Waals surface area contributed by atoms with Gasteiger partial charge in [0.05, 0.1) is 0 Å². The molecule has 3 N–H and O–H groups in total. The van der Waals surface area contributed by atoms with E-state index in [2.05, 4.69) is 18.7 Å². The molecule has 0 aliphatic carbocycles. The first-order chi connectivity index (χ1) is 7.89. The molecule has 4 heteroatoms. The number of carboxylic acid groups (broad SMARTS) is 1. The van der Waals surface area contributed by atoms with Crippen LogP contribution in [0.15, 0.2) is 0 Å². The Kier molecular flexibility index (Phi) is 4.95. The highest BCUT2D eigenvalue weighted by Gasteiger charge is 2.32. The average Bonchev–Trinajstić information content (AvgIpc) is 2.57. The van der Waals surface area contributed by atoms with Crippen LogP contribution in [0.25, 0.3) is 0 Å². The number of carboxylic acids is 1. The normalized spacial score (nSPS) is 29.2. The van der Waals surface area contributed by atoms with Crippen molar-refractivity contribution in [3.05, 3.63) is 0 Å². The number of likely N-dealkylation sites (tertiary alicyclic amines) is 1. The van der Waals surface area contributed by atoms with Crippen molar-refractivity contribution in [3.8, 4) is 0 Å². The molecule has 4 nitrogen and oxygen atoms in total. The summed E-state index contributed by atoms with van der Waals surface area (Å²) in [5, 5.41) is 9.07. The van der Waals surface area contributed by atoms with Gasteiger partial charge in [-0.1, -0.05) is 20.8 Å². The van der Waals surface area contributed by atoms with E-state index in [1.807, 2.05) is 6.92 Å². The zero-order chi connectivity index (χ0) is 13.1. The van der Waals surface area contributed by atoms with Crippen LogP contribution in [0, 0.1) is 11.8 Å². The van der Waals surface area contributed by atoms with Gasteiger partial charge in [-0.15, -0.1) is 0 Å². The van der Waals surface area contributed by atoms with Crippen LogP contribution in [0.4, 0.5) is 0 Å². The molecule has 100 valence electrons. The minimum atomic E-state index is -1.03. The lowest BCUT2D eigenvalue weighted by Crippen LogP contribution is -2.47. The summed E-state index contributed by atoms with van der Waals surface area (Å²) in [7, 11) is 0. The lowest BCUT2D eigenvalue weighted by Gasteiger charge is -2.24. The molecule has 0 spiro atoms. The second-order valence-corrected chi connectivity index (χ2v) is 5.63. The summed E-state index contributed by atoms with van der Waals surface area (Å²) in [6, 6.07) is 0. The van der Waals surface area contributed by atoms with E-state index in [4.69, 9.17) is 10.8 Å². The maximum atomic E-state index is 11.0. The smallest absolute Gasteiger partial charge is 0.323 e. The first kappa shape index (κ1) is 14.5. The number of rotatable bonds is 6. The Balaban J connectivity index is 2.30. The molecular weight excluding hydrogens is 216 g/mol. The average molecular weight is 242 g/mol. The molecule has 1 fully saturated rings. The Morgan fingerprint density at radius 2 is 1.94 bits per heavy atom. The van der Waals surface area contributed by atoms with E-state index < -0.39 is 11.5 Å². The Morgan fingerprint density at radius 1 is 1.41 bits per heavy atom. The van der Waals surface area contributed by atoms with Crippen molar-refractivity contribution in [3.63, 3.8) is 0 Å². The summed E-state index contributed by atoms with van der Waals surface area (Å²) in [5.74, 6) is 0.634. The zero-order valence-electron chi connectivity index (χ0n) is 11.3. The Bertz CT molecular complexity index is 260. The zero-order valence-corrected chi connectivity index (χ0v) is 11.3. The van der Waals surface area contributed by atoms with E-state index in [1.165, 1.54) is 0 Å². The van der Waals surface area contributed by atoms with Gasteiger partial charge in [0.25, 0.3) is 0 Å². The predicted octanol–water partition coefficient (Wildman–Crippen LogP) is 1.55. The number of carbonyl (C=O) groups is 1. The van der Waals surface area contributed by atoms with Crippen LogP contribution in [0.2, 0.25) is 0 Å². The lowest BCUT2D eigenvalue weighted by molar-refractivity contribution is -0.143. The van der Waals surface area contributed by atoms with Crippen molar-refractivity contribution in [2.24, 2.45) is 17.6 Å². The van der Waals surface area contributed by atoms with Gasteiger partial charge in [-0.3, -0.25) is 4.79 Å². The number of aliphatic carboxylic acids is 1. The van der Waals surface area contributed by atoms with Crippen LogP contribution in [0.1, 0.15) is 40.0 Å². The first-order valence-corrected chi connectivity index (χ1v) is 6.63. The Morgan fingerprint density at radius 3 is 2.35 bits per heavy atom. The third-order valence-electron chi connectivity index (χ3n) is 4.22.